The van der Waals surface area contributed by atoms with E-state index in [2.05, 4.69) is 15.3 Å². The van der Waals surface area contributed by atoms with Gasteiger partial charge < -0.3 is 31.4 Å². The summed E-state index contributed by atoms with van der Waals surface area (Å²) in [4.78, 5) is 21.3. The minimum atomic E-state index is -1.10. The van der Waals surface area contributed by atoms with E-state index in [0.29, 0.717) is 18.5 Å². The number of carbonyl (C=O) groups is 1. The van der Waals surface area contributed by atoms with Crippen LogP contribution in [0.5, 0.6) is 0 Å². The summed E-state index contributed by atoms with van der Waals surface area (Å²) in [6.07, 6.45) is 3.52. The molecule has 1 saturated heterocycles. The lowest BCUT2D eigenvalue weighted by Crippen LogP contribution is -2.48. The molecule has 2 fully saturated rings. The number of nitrogens with two attached hydrogens (primary N) is 2. The summed E-state index contributed by atoms with van der Waals surface area (Å²) in [5.41, 5.74) is 10.2. The zero-order valence-electron chi connectivity index (χ0n) is 22.0. The Morgan fingerprint density at radius 3 is 2.48 bits per heavy atom. The number of aromatic nitrogens is 2. The van der Waals surface area contributed by atoms with Crippen LogP contribution in [0.15, 0.2) is 36.7 Å². The van der Waals surface area contributed by atoms with Crippen molar-refractivity contribution in [1.82, 2.24) is 9.97 Å². The molecule has 6 N–H and O–H groups in total. The topological polar surface area (TPSA) is 146 Å². The number of methoxy groups -OCH3 is 1. The van der Waals surface area contributed by atoms with Crippen molar-refractivity contribution in [2.45, 2.75) is 43.4 Å². The van der Waals surface area contributed by atoms with Gasteiger partial charge in [0.2, 0.25) is 0 Å². The Balaban J connectivity index is 1.47. The van der Waals surface area contributed by atoms with Crippen LogP contribution >= 0.6 is 0 Å². The molecule has 12 heteroatoms. The molecule has 1 aliphatic carbocycles. The maximum Gasteiger partial charge on any atom is 0.276 e. The van der Waals surface area contributed by atoms with E-state index in [9.17, 15) is 14.3 Å². The van der Waals surface area contributed by atoms with Gasteiger partial charge in [-0.15, -0.1) is 0 Å². The first-order valence-electron chi connectivity index (χ1n) is 12.8. The number of amides is 1. The molecule has 9 nitrogen and oxygen atoms in total. The fourth-order valence-corrected chi connectivity index (χ4v) is 5.49. The quantitative estimate of drug-likeness (QED) is 0.361. The molecule has 1 aromatic carbocycles. The van der Waals surface area contributed by atoms with Gasteiger partial charge in [0.05, 0.1) is 42.5 Å². The Bertz CT molecular complexity index is 1410. The monoisotopic (exact) mass is 557 g/mol. The molecule has 0 radical (unpaired) electrons. The summed E-state index contributed by atoms with van der Waals surface area (Å²) < 4.78 is 55.9. The number of nitrogen functional groups attached to an aromatic ring is 1. The third-order valence-electron chi connectivity index (χ3n) is 7.86. The van der Waals surface area contributed by atoms with Gasteiger partial charge in [0.15, 0.2) is 11.5 Å². The predicted molar refractivity (Wildman–Crippen MR) is 141 cm³/mol. The van der Waals surface area contributed by atoms with Crippen molar-refractivity contribution in [1.29, 1.82) is 0 Å². The van der Waals surface area contributed by atoms with Gasteiger partial charge in [-0.1, -0.05) is 6.92 Å². The number of hydrogen-bond acceptors (Lipinski definition) is 8. The lowest BCUT2D eigenvalue weighted by atomic mass is 9.74. The fraction of sp³-hybridized carbons (Fsp3) is 0.393. The molecule has 1 amide bonds. The maximum atomic E-state index is 15.2. The fourth-order valence-electron chi connectivity index (χ4n) is 5.49. The number of nitrogens with one attached hydrogen (secondary N) is 1. The van der Waals surface area contributed by atoms with Crippen LogP contribution in [0.1, 0.15) is 47.3 Å². The van der Waals surface area contributed by atoms with Gasteiger partial charge in [-0.05, 0) is 54.0 Å². The number of aliphatic hydroxyl groups is 1. The third kappa shape index (κ3) is 4.92. The minimum Gasteiger partial charge on any atom is -0.397 e. The van der Waals surface area contributed by atoms with Gasteiger partial charge in [-0.3, -0.25) is 9.78 Å². The van der Waals surface area contributed by atoms with Crippen molar-refractivity contribution in [2.75, 3.05) is 31.4 Å². The molecule has 2 aromatic heterocycles. The molecule has 3 heterocycles. The summed E-state index contributed by atoms with van der Waals surface area (Å²) in [5, 5.41) is 12.9. The van der Waals surface area contributed by atoms with E-state index in [-0.39, 0.29) is 36.3 Å². The van der Waals surface area contributed by atoms with Gasteiger partial charge in [0.1, 0.15) is 22.9 Å². The second kappa shape index (κ2) is 10.8. The standard InChI is InChI=1S/C28H30F3N5O4/c1-13-5-14(6-21(33)26(13)37)16-3-4-34-10-22(16)35-27(38)25-20(32)9-19(31)24(36-25)23-17(29)7-15(8-18(23)30)28(39-2)11-40-12-28/h3-4,7-10,13-14,21,26,37H,5-6,11-12,32-33H2,1-2H3,(H,35,38)/t13-,14+,21+,26+/m0/s1. The second-order valence-electron chi connectivity index (χ2n) is 10.5. The summed E-state index contributed by atoms with van der Waals surface area (Å²) in [6, 6.07) is 4.19. The molecule has 4 atom stereocenters. The first-order valence-corrected chi connectivity index (χ1v) is 12.8. The van der Waals surface area contributed by atoms with Crippen molar-refractivity contribution in [2.24, 2.45) is 11.7 Å². The summed E-state index contributed by atoms with van der Waals surface area (Å²) in [6.45, 7) is 2.13. The Kier molecular flexibility index (Phi) is 7.53. The minimum absolute atomic E-state index is 0.0609. The molecule has 40 heavy (non-hydrogen) atoms. The largest absolute Gasteiger partial charge is 0.397 e. The van der Waals surface area contributed by atoms with Crippen LogP contribution in [0, 0.1) is 23.4 Å². The van der Waals surface area contributed by atoms with Crippen LogP contribution in [-0.2, 0) is 15.1 Å². The van der Waals surface area contributed by atoms with Crippen LogP contribution in [0.2, 0.25) is 0 Å². The molecule has 5 rings (SSSR count). The molecule has 1 saturated carbocycles. The highest BCUT2D eigenvalue weighted by Gasteiger charge is 2.42. The predicted octanol–water partition coefficient (Wildman–Crippen LogP) is 3.47. The van der Waals surface area contributed by atoms with Gasteiger partial charge in [-0.25, -0.2) is 18.2 Å². The zero-order chi connectivity index (χ0) is 28.8. The van der Waals surface area contributed by atoms with E-state index in [1.54, 1.807) is 12.3 Å². The van der Waals surface area contributed by atoms with E-state index >= 15 is 8.78 Å². The van der Waals surface area contributed by atoms with Crippen LogP contribution in [-0.4, -0.2) is 53.5 Å². The molecule has 0 spiro atoms. The number of hydrogen-bond donors (Lipinski definition) is 4. The van der Waals surface area contributed by atoms with Crippen molar-refractivity contribution in [3.05, 3.63) is 70.9 Å². The molecule has 0 bridgehead atoms. The van der Waals surface area contributed by atoms with Crippen LogP contribution in [0.4, 0.5) is 24.5 Å². The number of anilines is 2. The van der Waals surface area contributed by atoms with E-state index in [1.165, 1.54) is 13.3 Å². The van der Waals surface area contributed by atoms with E-state index < -0.39 is 58.1 Å². The summed E-state index contributed by atoms with van der Waals surface area (Å²) in [7, 11) is 1.40. The highest BCUT2D eigenvalue weighted by atomic mass is 19.1. The number of pyridine rings is 2. The molecule has 1 aliphatic heterocycles. The Labute approximate surface area is 228 Å². The summed E-state index contributed by atoms with van der Waals surface area (Å²) >= 11 is 0. The lowest BCUT2D eigenvalue weighted by Gasteiger charge is -2.40. The number of aliphatic hydroxyl groups excluding tert-OH is 1. The van der Waals surface area contributed by atoms with Gasteiger partial charge in [0, 0.05) is 25.4 Å². The zero-order valence-corrected chi connectivity index (χ0v) is 22.0. The first kappa shape index (κ1) is 28.0. The van der Waals surface area contributed by atoms with Crippen molar-refractivity contribution in [3.63, 3.8) is 0 Å². The number of ether oxygens (including phenoxy) is 2. The SMILES string of the molecule is COC1(c2cc(F)c(-c3nc(C(=O)Nc4cnccc4[C@H]4C[C@@H](N)[C@H](O)[C@@H](C)C4)c(N)cc3F)c(F)c2)COC1. The van der Waals surface area contributed by atoms with Gasteiger partial charge >= 0.3 is 0 Å². The van der Waals surface area contributed by atoms with E-state index in [1.807, 2.05) is 6.92 Å². The normalized spacial score (nSPS) is 23.9. The molecular formula is C28H30F3N5O4. The number of rotatable bonds is 6. The summed E-state index contributed by atoms with van der Waals surface area (Å²) in [5.74, 6) is -4.21. The number of benzene rings is 1. The maximum absolute atomic E-state index is 15.2. The van der Waals surface area contributed by atoms with Gasteiger partial charge in [0.25, 0.3) is 5.91 Å². The Hall–Kier alpha value is -3.58. The average molecular weight is 558 g/mol. The molecule has 212 valence electrons. The van der Waals surface area contributed by atoms with Crippen molar-refractivity contribution in [3.8, 4) is 11.3 Å². The highest BCUT2D eigenvalue weighted by molar-refractivity contribution is 6.07. The number of halogens is 3. The highest BCUT2D eigenvalue weighted by Crippen LogP contribution is 2.40. The Morgan fingerprint density at radius 2 is 1.88 bits per heavy atom. The lowest BCUT2D eigenvalue weighted by molar-refractivity contribution is -0.202. The number of nitrogens with zero attached hydrogens (tertiary/aromatic N) is 2. The molecule has 3 aromatic rings. The van der Waals surface area contributed by atoms with Crippen LogP contribution in [0.3, 0.4) is 0 Å². The van der Waals surface area contributed by atoms with Gasteiger partial charge in [-0.2, -0.15) is 0 Å². The molecular weight excluding hydrogens is 527 g/mol. The molecule has 2 aliphatic rings. The van der Waals surface area contributed by atoms with E-state index in [4.69, 9.17) is 20.9 Å². The molecule has 0 unspecified atom stereocenters. The third-order valence-corrected chi connectivity index (χ3v) is 7.86. The van der Waals surface area contributed by atoms with Crippen LogP contribution in [0.25, 0.3) is 11.3 Å². The smallest absolute Gasteiger partial charge is 0.276 e. The second-order valence-corrected chi connectivity index (χ2v) is 10.5. The number of carbonyl (C=O) groups excluding carboxylic acids is 1. The van der Waals surface area contributed by atoms with Crippen molar-refractivity contribution >= 4 is 17.3 Å². The van der Waals surface area contributed by atoms with Crippen LogP contribution < -0.4 is 16.8 Å². The Morgan fingerprint density at radius 1 is 1.18 bits per heavy atom. The van der Waals surface area contributed by atoms with Crippen molar-refractivity contribution < 1.29 is 32.5 Å². The average Bonchev–Trinajstić information content (AvgIpc) is 2.87. The van der Waals surface area contributed by atoms with E-state index in [0.717, 1.165) is 23.8 Å². The first-order chi connectivity index (χ1) is 19.0.